The number of sulfonamides is 1. The van der Waals surface area contributed by atoms with Crippen molar-refractivity contribution in [3.05, 3.63) is 23.8 Å². The number of hydrogen-bond acceptors (Lipinski definition) is 5. The zero-order chi connectivity index (χ0) is 15.6. The number of nitriles is 1. The highest BCUT2D eigenvalue weighted by atomic mass is 32.2. The number of nitrogen functional groups attached to an aromatic ring is 1. The fourth-order valence-corrected chi connectivity index (χ4v) is 4.27. The SMILES string of the molecule is CCC1COC(C)CN1S(=O)(=O)c1ccc(C#N)cc1N. The number of rotatable bonds is 3. The second-order valence-electron chi connectivity index (χ2n) is 5.15. The van der Waals surface area contributed by atoms with Crippen LogP contribution in [-0.2, 0) is 14.8 Å². The molecule has 2 atom stereocenters. The summed E-state index contributed by atoms with van der Waals surface area (Å²) >= 11 is 0. The topological polar surface area (TPSA) is 96.4 Å². The fourth-order valence-electron chi connectivity index (χ4n) is 2.41. The van der Waals surface area contributed by atoms with Crippen molar-refractivity contribution < 1.29 is 13.2 Å². The summed E-state index contributed by atoms with van der Waals surface area (Å²) in [4.78, 5) is 0.0500. The maximum atomic E-state index is 12.8. The molecule has 1 saturated heterocycles. The summed E-state index contributed by atoms with van der Waals surface area (Å²) in [7, 11) is -3.69. The van der Waals surface area contributed by atoms with E-state index in [9.17, 15) is 8.42 Å². The molecule has 1 aromatic rings. The summed E-state index contributed by atoms with van der Waals surface area (Å²) in [5, 5.41) is 8.84. The van der Waals surface area contributed by atoms with E-state index in [1.165, 1.54) is 22.5 Å². The smallest absolute Gasteiger partial charge is 0.245 e. The van der Waals surface area contributed by atoms with E-state index in [1.54, 1.807) is 0 Å². The Kier molecular flexibility index (Phi) is 4.52. The van der Waals surface area contributed by atoms with Crippen LogP contribution in [0.2, 0.25) is 0 Å². The lowest BCUT2D eigenvalue weighted by Gasteiger charge is -2.37. The van der Waals surface area contributed by atoms with Gasteiger partial charge in [-0.05, 0) is 31.5 Å². The highest BCUT2D eigenvalue weighted by Crippen LogP contribution is 2.28. The molecule has 2 unspecified atom stereocenters. The molecule has 1 aliphatic heterocycles. The van der Waals surface area contributed by atoms with Gasteiger partial charge in [-0.15, -0.1) is 0 Å². The van der Waals surface area contributed by atoms with E-state index >= 15 is 0 Å². The quantitative estimate of drug-likeness (QED) is 0.850. The van der Waals surface area contributed by atoms with Gasteiger partial charge in [-0.3, -0.25) is 0 Å². The molecule has 1 fully saturated rings. The van der Waals surface area contributed by atoms with Gasteiger partial charge in [0.1, 0.15) is 4.90 Å². The third-order valence-corrected chi connectivity index (χ3v) is 5.61. The lowest BCUT2D eigenvalue weighted by atomic mass is 10.2. The summed E-state index contributed by atoms with van der Waals surface area (Å²) in [6.07, 6.45) is 0.518. The van der Waals surface area contributed by atoms with Crippen molar-refractivity contribution >= 4 is 15.7 Å². The summed E-state index contributed by atoms with van der Waals surface area (Å²) < 4.78 is 32.6. The highest BCUT2D eigenvalue weighted by molar-refractivity contribution is 7.89. The molecule has 1 heterocycles. The van der Waals surface area contributed by atoms with Crippen LogP contribution in [-0.4, -0.2) is 38.0 Å². The maximum absolute atomic E-state index is 12.8. The van der Waals surface area contributed by atoms with E-state index in [4.69, 9.17) is 15.7 Å². The average molecular weight is 309 g/mol. The number of benzene rings is 1. The molecule has 21 heavy (non-hydrogen) atoms. The summed E-state index contributed by atoms with van der Waals surface area (Å²) in [5.41, 5.74) is 6.26. The Labute approximate surface area is 125 Å². The first-order valence-electron chi connectivity index (χ1n) is 6.83. The van der Waals surface area contributed by atoms with Crippen molar-refractivity contribution in [2.45, 2.75) is 37.3 Å². The van der Waals surface area contributed by atoms with Gasteiger partial charge in [-0.2, -0.15) is 9.57 Å². The third-order valence-electron chi connectivity index (χ3n) is 3.61. The van der Waals surface area contributed by atoms with Crippen LogP contribution in [0.4, 0.5) is 5.69 Å². The van der Waals surface area contributed by atoms with Gasteiger partial charge in [0.2, 0.25) is 10.0 Å². The van der Waals surface area contributed by atoms with E-state index in [2.05, 4.69) is 0 Å². The molecule has 7 heteroatoms. The molecule has 0 radical (unpaired) electrons. The van der Waals surface area contributed by atoms with Gasteiger partial charge in [-0.1, -0.05) is 6.92 Å². The Bertz CT molecular complexity index is 667. The predicted octanol–water partition coefficient (Wildman–Crippen LogP) is 1.33. The van der Waals surface area contributed by atoms with Crippen LogP contribution in [0.1, 0.15) is 25.8 Å². The van der Waals surface area contributed by atoms with Gasteiger partial charge >= 0.3 is 0 Å². The van der Waals surface area contributed by atoms with Gasteiger partial charge in [0.15, 0.2) is 0 Å². The van der Waals surface area contributed by atoms with Crippen LogP contribution < -0.4 is 5.73 Å². The van der Waals surface area contributed by atoms with Gasteiger partial charge in [-0.25, -0.2) is 8.42 Å². The van der Waals surface area contributed by atoms with Crippen LogP contribution in [0.15, 0.2) is 23.1 Å². The van der Waals surface area contributed by atoms with Gasteiger partial charge in [0.05, 0.1) is 30.0 Å². The monoisotopic (exact) mass is 309 g/mol. The molecule has 0 bridgehead atoms. The number of anilines is 1. The van der Waals surface area contributed by atoms with Crippen LogP contribution >= 0.6 is 0 Å². The lowest BCUT2D eigenvalue weighted by molar-refractivity contribution is -0.0230. The molecule has 2 N–H and O–H groups in total. The second-order valence-corrected chi connectivity index (χ2v) is 7.00. The van der Waals surface area contributed by atoms with Crippen molar-refractivity contribution in [1.82, 2.24) is 4.31 Å². The molecular formula is C14H19N3O3S. The maximum Gasteiger partial charge on any atom is 0.245 e. The molecule has 0 aromatic heterocycles. The van der Waals surface area contributed by atoms with Crippen LogP contribution in [0.25, 0.3) is 0 Å². The largest absolute Gasteiger partial charge is 0.398 e. The molecular weight excluding hydrogens is 290 g/mol. The molecule has 2 rings (SSSR count). The summed E-state index contributed by atoms with van der Waals surface area (Å²) in [6.45, 7) is 4.46. The van der Waals surface area contributed by atoms with Crippen LogP contribution in [0, 0.1) is 11.3 Å². The Morgan fingerprint density at radius 2 is 2.24 bits per heavy atom. The van der Waals surface area contributed by atoms with Gasteiger partial charge in [0.25, 0.3) is 0 Å². The second kappa shape index (κ2) is 6.02. The minimum Gasteiger partial charge on any atom is -0.398 e. The van der Waals surface area contributed by atoms with Gasteiger partial charge < -0.3 is 10.5 Å². The minimum absolute atomic E-state index is 0.0500. The summed E-state index contributed by atoms with van der Waals surface area (Å²) in [6, 6.07) is 6.00. The van der Waals surface area contributed by atoms with Crippen molar-refractivity contribution in [3.63, 3.8) is 0 Å². The molecule has 6 nitrogen and oxygen atoms in total. The lowest BCUT2D eigenvalue weighted by Crippen LogP contribution is -2.51. The zero-order valence-corrected chi connectivity index (χ0v) is 12.9. The number of hydrogen-bond donors (Lipinski definition) is 1. The number of nitrogens with two attached hydrogens (primary N) is 1. The first-order chi connectivity index (χ1) is 9.90. The van der Waals surface area contributed by atoms with Crippen LogP contribution in [0.5, 0.6) is 0 Å². The molecule has 0 aliphatic carbocycles. The standard InChI is InChI=1S/C14H19N3O3S/c1-3-12-9-20-10(2)8-17(12)21(18,19)14-5-4-11(7-15)6-13(14)16/h4-6,10,12H,3,8-9,16H2,1-2H3. The number of morpholine rings is 1. The molecule has 0 saturated carbocycles. The highest BCUT2D eigenvalue weighted by Gasteiger charge is 2.36. The van der Waals surface area contributed by atoms with E-state index in [-0.39, 0.29) is 22.7 Å². The minimum atomic E-state index is -3.69. The molecule has 0 spiro atoms. The van der Waals surface area contributed by atoms with E-state index in [1.807, 2.05) is 19.9 Å². The molecule has 1 aliphatic rings. The Morgan fingerprint density at radius 3 is 2.81 bits per heavy atom. The zero-order valence-electron chi connectivity index (χ0n) is 12.1. The van der Waals surface area contributed by atoms with Crippen molar-refractivity contribution in [3.8, 4) is 6.07 Å². The third kappa shape index (κ3) is 3.02. The van der Waals surface area contributed by atoms with E-state index in [0.29, 0.717) is 25.1 Å². The average Bonchev–Trinajstić information content (AvgIpc) is 2.46. The van der Waals surface area contributed by atoms with Crippen LogP contribution in [0.3, 0.4) is 0 Å². The first kappa shape index (κ1) is 15.8. The summed E-state index contributed by atoms with van der Waals surface area (Å²) in [5.74, 6) is 0. The normalized spacial score (nSPS) is 23.7. The van der Waals surface area contributed by atoms with Crippen molar-refractivity contribution in [2.75, 3.05) is 18.9 Å². The number of nitrogens with zero attached hydrogens (tertiary/aromatic N) is 2. The van der Waals surface area contributed by atoms with Crippen molar-refractivity contribution in [2.24, 2.45) is 0 Å². The predicted molar refractivity (Wildman–Crippen MR) is 79.0 cm³/mol. The Morgan fingerprint density at radius 1 is 1.52 bits per heavy atom. The first-order valence-corrected chi connectivity index (χ1v) is 8.27. The van der Waals surface area contributed by atoms with E-state index < -0.39 is 10.0 Å². The van der Waals surface area contributed by atoms with E-state index in [0.717, 1.165) is 0 Å². The number of ether oxygens (including phenoxy) is 1. The van der Waals surface area contributed by atoms with Crippen molar-refractivity contribution in [1.29, 1.82) is 5.26 Å². The molecule has 114 valence electrons. The van der Waals surface area contributed by atoms with Gasteiger partial charge in [0, 0.05) is 12.6 Å². The molecule has 0 amide bonds. The Balaban J connectivity index is 2.43. The molecule has 1 aromatic carbocycles. The Hall–Kier alpha value is -1.62. The fraction of sp³-hybridized carbons (Fsp3) is 0.500.